The molecule has 1 aliphatic rings. The average Bonchev–Trinajstić information content (AvgIpc) is 2.26. The zero-order chi connectivity index (χ0) is 10.4. The van der Waals surface area contributed by atoms with E-state index in [1.165, 1.54) is 5.70 Å². The SMILES string of the molecule is CNCCN(C)C1=CC(OC)=CCC1. The highest BCUT2D eigenvalue weighted by molar-refractivity contribution is 5.22. The number of likely N-dealkylation sites (N-methyl/N-ethyl adjacent to an activating group) is 2. The zero-order valence-corrected chi connectivity index (χ0v) is 9.34. The Morgan fingerprint density at radius 1 is 1.57 bits per heavy atom. The molecule has 0 saturated carbocycles. The fourth-order valence-corrected chi connectivity index (χ4v) is 1.52. The van der Waals surface area contributed by atoms with E-state index in [9.17, 15) is 0 Å². The Hall–Kier alpha value is -0.960. The Morgan fingerprint density at radius 2 is 2.36 bits per heavy atom. The van der Waals surface area contributed by atoms with E-state index in [0.717, 1.165) is 31.7 Å². The summed E-state index contributed by atoms with van der Waals surface area (Å²) in [7, 11) is 5.82. The van der Waals surface area contributed by atoms with Crippen molar-refractivity contribution in [1.82, 2.24) is 10.2 Å². The van der Waals surface area contributed by atoms with Crippen LogP contribution >= 0.6 is 0 Å². The van der Waals surface area contributed by atoms with E-state index < -0.39 is 0 Å². The first-order valence-electron chi connectivity index (χ1n) is 5.08. The smallest absolute Gasteiger partial charge is 0.116 e. The Kier molecular flexibility index (Phi) is 4.53. The fraction of sp³-hybridized carbons (Fsp3) is 0.636. The first-order valence-corrected chi connectivity index (χ1v) is 5.08. The van der Waals surface area contributed by atoms with Crippen molar-refractivity contribution >= 4 is 0 Å². The number of nitrogens with zero attached hydrogens (tertiary/aromatic N) is 1. The standard InChI is InChI=1S/C11H20N2O/c1-12-7-8-13(2)10-5-4-6-11(9-10)14-3/h6,9,12H,4-5,7-8H2,1-3H3. The van der Waals surface area contributed by atoms with Crippen LogP contribution < -0.4 is 5.32 Å². The van der Waals surface area contributed by atoms with Gasteiger partial charge in [-0.05, 0) is 32.0 Å². The summed E-state index contributed by atoms with van der Waals surface area (Å²) >= 11 is 0. The van der Waals surface area contributed by atoms with Crippen LogP contribution in [0, 0.1) is 0 Å². The molecule has 14 heavy (non-hydrogen) atoms. The van der Waals surface area contributed by atoms with E-state index >= 15 is 0 Å². The number of allylic oxidation sites excluding steroid dienone is 3. The van der Waals surface area contributed by atoms with E-state index in [1.54, 1.807) is 7.11 Å². The van der Waals surface area contributed by atoms with Crippen molar-refractivity contribution in [3.05, 3.63) is 23.6 Å². The highest BCUT2D eigenvalue weighted by atomic mass is 16.5. The lowest BCUT2D eigenvalue weighted by molar-refractivity contribution is 0.296. The minimum atomic E-state index is 0.988. The van der Waals surface area contributed by atoms with E-state index in [1.807, 2.05) is 7.05 Å². The molecule has 0 amide bonds. The molecule has 3 heteroatoms. The van der Waals surface area contributed by atoms with Crippen LogP contribution in [0.1, 0.15) is 12.8 Å². The van der Waals surface area contributed by atoms with Crippen LogP contribution in [0.2, 0.25) is 0 Å². The number of rotatable bonds is 5. The summed E-state index contributed by atoms with van der Waals surface area (Å²) in [5.74, 6) is 0.988. The number of methoxy groups -OCH3 is 1. The average molecular weight is 196 g/mol. The van der Waals surface area contributed by atoms with Gasteiger partial charge < -0.3 is 15.0 Å². The lowest BCUT2D eigenvalue weighted by Gasteiger charge is -2.24. The summed E-state index contributed by atoms with van der Waals surface area (Å²) < 4.78 is 5.22. The van der Waals surface area contributed by atoms with Crippen LogP contribution in [0.4, 0.5) is 0 Å². The van der Waals surface area contributed by atoms with Crippen LogP contribution in [0.3, 0.4) is 0 Å². The van der Waals surface area contributed by atoms with Gasteiger partial charge in [-0.3, -0.25) is 0 Å². The highest BCUT2D eigenvalue weighted by Crippen LogP contribution is 2.19. The van der Waals surface area contributed by atoms with Gasteiger partial charge in [0.1, 0.15) is 5.76 Å². The predicted molar refractivity (Wildman–Crippen MR) is 59.0 cm³/mol. The molecule has 0 radical (unpaired) electrons. The topological polar surface area (TPSA) is 24.5 Å². The molecule has 80 valence electrons. The second-order valence-electron chi connectivity index (χ2n) is 3.51. The maximum atomic E-state index is 5.22. The molecule has 0 bridgehead atoms. The molecular weight excluding hydrogens is 176 g/mol. The van der Waals surface area contributed by atoms with E-state index in [4.69, 9.17) is 4.74 Å². The molecule has 0 aromatic carbocycles. The Balaban J connectivity index is 2.50. The van der Waals surface area contributed by atoms with Gasteiger partial charge in [-0.25, -0.2) is 0 Å². The largest absolute Gasteiger partial charge is 0.497 e. The van der Waals surface area contributed by atoms with Gasteiger partial charge in [-0.2, -0.15) is 0 Å². The third kappa shape index (κ3) is 3.07. The quantitative estimate of drug-likeness (QED) is 0.718. The van der Waals surface area contributed by atoms with Gasteiger partial charge in [0.25, 0.3) is 0 Å². The summed E-state index contributed by atoms with van der Waals surface area (Å²) in [4.78, 5) is 2.28. The normalized spacial score (nSPS) is 15.9. The van der Waals surface area contributed by atoms with Crippen molar-refractivity contribution in [3.63, 3.8) is 0 Å². The maximum absolute atomic E-state index is 5.22. The van der Waals surface area contributed by atoms with Gasteiger partial charge in [-0.15, -0.1) is 0 Å². The van der Waals surface area contributed by atoms with Gasteiger partial charge in [-0.1, -0.05) is 0 Å². The molecule has 0 aromatic rings. The Labute approximate surface area is 86.4 Å². The second-order valence-corrected chi connectivity index (χ2v) is 3.51. The summed E-state index contributed by atoms with van der Waals surface area (Å²) in [5.41, 5.74) is 1.36. The summed E-state index contributed by atoms with van der Waals surface area (Å²) in [6.45, 7) is 2.05. The molecule has 1 aliphatic carbocycles. The molecule has 1 rings (SSSR count). The molecule has 0 unspecified atom stereocenters. The maximum Gasteiger partial charge on any atom is 0.116 e. The second kappa shape index (κ2) is 5.70. The first kappa shape index (κ1) is 11.1. The van der Waals surface area contributed by atoms with Crippen LogP contribution in [-0.4, -0.2) is 39.2 Å². The molecule has 0 saturated heterocycles. The van der Waals surface area contributed by atoms with Crippen molar-refractivity contribution in [2.45, 2.75) is 12.8 Å². The minimum Gasteiger partial charge on any atom is -0.497 e. The number of nitrogens with one attached hydrogen (secondary N) is 1. The van der Waals surface area contributed by atoms with Crippen molar-refractivity contribution in [2.75, 3.05) is 34.3 Å². The van der Waals surface area contributed by atoms with Crippen molar-refractivity contribution in [1.29, 1.82) is 0 Å². The van der Waals surface area contributed by atoms with Crippen LogP contribution in [0.25, 0.3) is 0 Å². The van der Waals surface area contributed by atoms with Gasteiger partial charge >= 0.3 is 0 Å². The van der Waals surface area contributed by atoms with Crippen molar-refractivity contribution < 1.29 is 4.74 Å². The summed E-state index contributed by atoms with van der Waals surface area (Å²) in [5, 5.41) is 3.15. The monoisotopic (exact) mass is 196 g/mol. The summed E-state index contributed by atoms with van der Waals surface area (Å²) in [6.07, 6.45) is 6.46. The molecule has 1 N–H and O–H groups in total. The van der Waals surface area contributed by atoms with E-state index in [-0.39, 0.29) is 0 Å². The Bertz CT molecular complexity index is 233. The fourth-order valence-electron chi connectivity index (χ4n) is 1.52. The van der Waals surface area contributed by atoms with E-state index in [0.29, 0.717) is 0 Å². The molecular formula is C11H20N2O. The zero-order valence-electron chi connectivity index (χ0n) is 9.34. The number of ether oxygens (including phenoxy) is 1. The van der Waals surface area contributed by atoms with Gasteiger partial charge in [0, 0.05) is 25.8 Å². The molecule has 3 nitrogen and oxygen atoms in total. The number of hydrogen-bond donors (Lipinski definition) is 1. The summed E-state index contributed by atoms with van der Waals surface area (Å²) in [6, 6.07) is 0. The lowest BCUT2D eigenvalue weighted by Crippen LogP contribution is -2.27. The van der Waals surface area contributed by atoms with Gasteiger partial charge in [0.2, 0.25) is 0 Å². The van der Waals surface area contributed by atoms with Crippen molar-refractivity contribution in [3.8, 4) is 0 Å². The van der Waals surface area contributed by atoms with Gasteiger partial charge in [0.15, 0.2) is 0 Å². The predicted octanol–water partition coefficient (Wildman–Crippen LogP) is 1.35. The van der Waals surface area contributed by atoms with Crippen LogP contribution in [-0.2, 0) is 4.74 Å². The molecule has 0 heterocycles. The van der Waals surface area contributed by atoms with Crippen LogP contribution in [0.5, 0.6) is 0 Å². The molecule has 0 aliphatic heterocycles. The molecule has 0 spiro atoms. The van der Waals surface area contributed by atoms with E-state index in [2.05, 4.69) is 29.4 Å². The molecule has 0 fully saturated rings. The van der Waals surface area contributed by atoms with Crippen LogP contribution in [0.15, 0.2) is 23.6 Å². The molecule has 0 aromatic heterocycles. The third-order valence-electron chi connectivity index (χ3n) is 2.48. The minimum absolute atomic E-state index is 0.988. The highest BCUT2D eigenvalue weighted by Gasteiger charge is 2.09. The van der Waals surface area contributed by atoms with Crippen molar-refractivity contribution in [2.24, 2.45) is 0 Å². The lowest BCUT2D eigenvalue weighted by atomic mass is 10.1. The third-order valence-corrected chi connectivity index (χ3v) is 2.48. The molecule has 0 atom stereocenters. The van der Waals surface area contributed by atoms with Gasteiger partial charge in [0.05, 0.1) is 7.11 Å². The first-order chi connectivity index (χ1) is 6.77. The Morgan fingerprint density at radius 3 is 3.00 bits per heavy atom. The number of hydrogen-bond acceptors (Lipinski definition) is 3.